The minimum absolute atomic E-state index is 0.161. The average molecular weight is 256 g/mol. The van der Waals surface area contributed by atoms with Gasteiger partial charge in [0.05, 0.1) is 5.75 Å². The van der Waals surface area contributed by atoms with E-state index < -0.39 is 20.9 Å². The quantitative estimate of drug-likeness (QED) is 0.772. The lowest BCUT2D eigenvalue weighted by Gasteiger charge is -2.11. The molecule has 1 atom stereocenters. The van der Waals surface area contributed by atoms with Crippen LogP contribution in [0.5, 0.6) is 0 Å². The Kier molecular flexibility index (Phi) is 4.84. The smallest absolute Gasteiger partial charge is 0.180 e. The molecule has 0 aliphatic heterocycles. The maximum Gasteiger partial charge on any atom is 0.180 e. The lowest BCUT2D eigenvalue weighted by molar-refractivity contribution is 0.0991. The fraction of sp³-hybridized carbons (Fsp3) is 0.417. The van der Waals surface area contributed by atoms with Crippen LogP contribution in [0.15, 0.2) is 30.3 Å². The first-order valence-corrected chi connectivity index (χ1v) is 7.12. The van der Waals surface area contributed by atoms with Crippen molar-refractivity contribution in [2.45, 2.75) is 18.6 Å². The first-order valence-electron chi connectivity index (χ1n) is 5.40. The highest BCUT2D eigenvalue weighted by Gasteiger charge is 2.27. The number of benzene rings is 1. The Morgan fingerprint density at radius 3 is 2.41 bits per heavy atom. The Bertz CT molecular complexity index is 465. The molecule has 0 heterocycles. The molecule has 0 fully saturated rings. The van der Waals surface area contributed by atoms with Gasteiger partial charge in [0.15, 0.2) is 15.6 Å². The van der Waals surface area contributed by atoms with Gasteiger partial charge in [0.1, 0.15) is 5.25 Å². The maximum atomic E-state index is 11.9. The largest absolute Gasteiger partial charge is 0.396 e. The van der Waals surface area contributed by atoms with Crippen LogP contribution in [0, 0.1) is 0 Å². The molecule has 0 aliphatic rings. The number of rotatable bonds is 6. The average Bonchev–Trinajstić information content (AvgIpc) is 2.35. The number of carbonyl (C=O) groups excluding carboxylic acids is 1. The molecular weight excluding hydrogens is 240 g/mol. The lowest BCUT2D eigenvalue weighted by Crippen LogP contribution is -2.29. The predicted octanol–water partition coefficient (Wildman–Crippen LogP) is 1.06. The van der Waals surface area contributed by atoms with Gasteiger partial charge < -0.3 is 5.11 Å². The molecule has 17 heavy (non-hydrogen) atoms. The van der Waals surface area contributed by atoms with E-state index >= 15 is 0 Å². The normalized spacial score (nSPS) is 13.3. The molecule has 1 aromatic rings. The summed E-state index contributed by atoms with van der Waals surface area (Å²) in [4.78, 5) is 11.9. The minimum Gasteiger partial charge on any atom is -0.396 e. The summed E-state index contributed by atoms with van der Waals surface area (Å²) in [5.41, 5.74) is 0.396. The monoisotopic (exact) mass is 256 g/mol. The predicted molar refractivity (Wildman–Crippen MR) is 65.7 cm³/mol. The van der Waals surface area contributed by atoms with Crippen LogP contribution in [0.1, 0.15) is 23.7 Å². The van der Waals surface area contributed by atoms with Gasteiger partial charge in [-0.05, 0) is 13.3 Å². The van der Waals surface area contributed by atoms with Crippen LogP contribution in [0.2, 0.25) is 0 Å². The van der Waals surface area contributed by atoms with Crippen molar-refractivity contribution in [1.82, 2.24) is 0 Å². The van der Waals surface area contributed by atoms with Crippen LogP contribution < -0.4 is 0 Å². The molecule has 5 heteroatoms. The van der Waals surface area contributed by atoms with E-state index in [4.69, 9.17) is 5.11 Å². The van der Waals surface area contributed by atoms with Crippen molar-refractivity contribution in [3.63, 3.8) is 0 Å². The van der Waals surface area contributed by atoms with Gasteiger partial charge in [-0.15, -0.1) is 0 Å². The number of Topliss-reactive ketones (excluding diaryl/α,β-unsaturated/α-hetero) is 1. The first kappa shape index (κ1) is 13.9. The highest BCUT2D eigenvalue weighted by molar-refractivity contribution is 7.92. The standard InChI is InChI=1S/C12H16O4S/c1-10(17(15,16)9-5-8-13)12(14)11-6-3-2-4-7-11/h2-4,6-7,10,13H,5,8-9H2,1H3. The van der Waals surface area contributed by atoms with Crippen molar-refractivity contribution in [3.8, 4) is 0 Å². The van der Waals surface area contributed by atoms with Gasteiger partial charge in [0.2, 0.25) is 0 Å². The van der Waals surface area contributed by atoms with E-state index in [-0.39, 0.29) is 18.8 Å². The van der Waals surface area contributed by atoms with E-state index in [2.05, 4.69) is 0 Å². The second-order valence-electron chi connectivity index (χ2n) is 3.82. The number of aliphatic hydroxyl groups is 1. The number of hydrogen-bond acceptors (Lipinski definition) is 4. The molecule has 0 bridgehead atoms. The van der Waals surface area contributed by atoms with Gasteiger partial charge in [-0.25, -0.2) is 8.42 Å². The molecule has 0 radical (unpaired) electrons. The zero-order valence-electron chi connectivity index (χ0n) is 9.67. The van der Waals surface area contributed by atoms with E-state index in [0.29, 0.717) is 5.56 Å². The van der Waals surface area contributed by atoms with Crippen LogP contribution in [0.3, 0.4) is 0 Å². The summed E-state index contributed by atoms with van der Waals surface area (Å²) in [5, 5.41) is 7.56. The number of aliphatic hydroxyl groups excluding tert-OH is 1. The maximum absolute atomic E-state index is 11.9. The number of sulfone groups is 1. The summed E-state index contributed by atoms with van der Waals surface area (Å²) in [6, 6.07) is 8.35. The highest BCUT2D eigenvalue weighted by Crippen LogP contribution is 2.11. The topological polar surface area (TPSA) is 71.4 Å². The molecule has 0 amide bonds. The summed E-state index contributed by atoms with van der Waals surface area (Å²) >= 11 is 0. The molecule has 0 saturated carbocycles. The van der Waals surface area contributed by atoms with Crippen molar-refractivity contribution in [1.29, 1.82) is 0 Å². The third-order valence-electron chi connectivity index (χ3n) is 2.55. The van der Waals surface area contributed by atoms with Crippen LogP contribution in [0.4, 0.5) is 0 Å². The van der Waals surface area contributed by atoms with Gasteiger partial charge in [0.25, 0.3) is 0 Å². The minimum atomic E-state index is -3.48. The zero-order chi connectivity index (χ0) is 12.9. The summed E-state index contributed by atoms with van der Waals surface area (Å²) in [5.74, 6) is -0.563. The summed E-state index contributed by atoms with van der Waals surface area (Å²) in [7, 11) is -3.48. The van der Waals surface area contributed by atoms with Crippen LogP contribution in [0.25, 0.3) is 0 Å². The van der Waals surface area contributed by atoms with E-state index in [1.807, 2.05) is 0 Å². The fourth-order valence-electron chi connectivity index (χ4n) is 1.44. The van der Waals surface area contributed by atoms with Gasteiger partial charge in [-0.3, -0.25) is 4.79 Å². The molecule has 1 unspecified atom stereocenters. The Morgan fingerprint density at radius 2 is 1.88 bits per heavy atom. The summed E-state index contributed by atoms with van der Waals surface area (Å²) in [6.45, 7) is 1.20. The molecule has 1 aromatic carbocycles. The Hall–Kier alpha value is -1.20. The van der Waals surface area contributed by atoms with E-state index in [1.54, 1.807) is 30.3 Å². The molecule has 0 aromatic heterocycles. The molecule has 0 aliphatic carbocycles. The van der Waals surface area contributed by atoms with Crippen molar-refractivity contribution >= 4 is 15.6 Å². The van der Waals surface area contributed by atoms with Crippen LogP contribution in [-0.4, -0.2) is 36.9 Å². The van der Waals surface area contributed by atoms with Crippen LogP contribution in [-0.2, 0) is 9.84 Å². The third kappa shape index (κ3) is 3.64. The molecule has 0 saturated heterocycles. The lowest BCUT2D eigenvalue weighted by atomic mass is 10.1. The SMILES string of the molecule is CC(C(=O)c1ccccc1)S(=O)(=O)CCCO. The van der Waals surface area contributed by atoms with Crippen LogP contribution >= 0.6 is 0 Å². The van der Waals surface area contributed by atoms with E-state index in [1.165, 1.54) is 6.92 Å². The van der Waals surface area contributed by atoms with E-state index in [0.717, 1.165) is 0 Å². The third-order valence-corrected chi connectivity index (χ3v) is 4.70. The van der Waals surface area contributed by atoms with Gasteiger partial charge in [-0.1, -0.05) is 30.3 Å². The first-order chi connectivity index (χ1) is 7.99. The molecular formula is C12H16O4S. The fourth-order valence-corrected chi connectivity index (χ4v) is 2.79. The van der Waals surface area contributed by atoms with Crippen molar-refractivity contribution in [2.24, 2.45) is 0 Å². The number of carbonyl (C=O) groups is 1. The summed E-state index contributed by atoms with van der Waals surface area (Å²) in [6.07, 6.45) is 0.161. The van der Waals surface area contributed by atoms with Gasteiger partial charge >= 0.3 is 0 Å². The van der Waals surface area contributed by atoms with E-state index in [9.17, 15) is 13.2 Å². The van der Waals surface area contributed by atoms with Crippen molar-refractivity contribution in [3.05, 3.63) is 35.9 Å². The molecule has 0 spiro atoms. The van der Waals surface area contributed by atoms with Crippen molar-refractivity contribution < 1.29 is 18.3 Å². The number of ketones is 1. The molecule has 4 nitrogen and oxygen atoms in total. The second kappa shape index (κ2) is 5.93. The molecule has 1 N–H and O–H groups in total. The Labute approximate surface area is 101 Å². The van der Waals surface area contributed by atoms with Gasteiger partial charge in [-0.2, -0.15) is 0 Å². The molecule has 1 rings (SSSR count). The number of hydrogen-bond donors (Lipinski definition) is 1. The zero-order valence-corrected chi connectivity index (χ0v) is 10.5. The summed E-state index contributed by atoms with van der Waals surface area (Å²) < 4.78 is 23.5. The Morgan fingerprint density at radius 1 is 1.29 bits per heavy atom. The van der Waals surface area contributed by atoms with Crippen molar-refractivity contribution in [2.75, 3.05) is 12.4 Å². The Balaban J connectivity index is 2.84. The molecule has 94 valence electrons. The highest BCUT2D eigenvalue weighted by atomic mass is 32.2. The van der Waals surface area contributed by atoms with Gasteiger partial charge in [0, 0.05) is 12.2 Å². The second-order valence-corrected chi connectivity index (χ2v) is 6.26.